The largest absolute Gasteiger partial charge is 0.493 e. The number of rotatable bonds is 4. The maximum Gasteiger partial charge on any atom is 0.127 e. The molecule has 0 amide bonds. The first-order valence-corrected chi connectivity index (χ1v) is 6.32. The second kappa shape index (κ2) is 5.52. The molecule has 1 aliphatic rings. The van der Waals surface area contributed by atoms with Gasteiger partial charge in [0, 0.05) is 12.0 Å². The average Bonchev–Trinajstić information content (AvgIpc) is 2.38. The Hall–Kier alpha value is -1.06. The van der Waals surface area contributed by atoms with E-state index in [0.29, 0.717) is 5.92 Å². The first-order chi connectivity index (χ1) is 8.27. The number of hydroxylamine groups is 1. The van der Waals surface area contributed by atoms with E-state index in [9.17, 15) is 0 Å². The van der Waals surface area contributed by atoms with Crippen LogP contribution in [0.15, 0.2) is 18.2 Å². The van der Waals surface area contributed by atoms with E-state index in [-0.39, 0.29) is 6.04 Å². The van der Waals surface area contributed by atoms with Crippen molar-refractivity contribution in [2.24, 2.45) is 0 Å². The third-order valence-corrected chi connectivity index (χ3v) is 3.51. The van der Waals surface area contributed by atoms with Gasteiger partial charge >= 0.3 is 0 Å². The second-order valence-electron chi connectivity index (χ2n) is 4.59. The summed E-state index contributed by atoms with van der Waals surface area (Å²) in [5.74, 6) is 1.59. The van der Waals surface area contributed by atoms with Crippen LogP contribution in [-0.4, -0.2) is 13.7 Å². The summed E-state index contributed by atoms with van der Waals surface area (Å²) in [7, 11) is 1.66. The van der Waals surface area contributed by atoms with Crippen molar-refractivity contribution < 1.29 is 9.57 Å². The monoisotopic (exact) mass is 235 g/mol. The Morgan fingerprint density at radius 3 is 3.06 bits per heavy atom. The van der Waals surface area contributed by atoms with Crippen molar-refractivity contribution in [3.63, 3.8) is 0 Å². The highest BCUT2D eigenvalue weighted by molar-refractivity contribution is 5.46. The highest BCUT2D eigenvalue weighted by Gasteiger charge is 2.24. The molecule has 1 heterocycles. The van der Waals surface area contributed by atoms with Crippen molar-refractivity contribution in [1.29, 1.82) is 0 Å². The SMILES string of the molecule is CCC(C)c1cccc2c1OCCC2NOC. The maximum absolute atomic E-state index is 5.86. The van der Waals surface area contributed by atoms with E-state index in [1.165, 1.54) is 11.1 Å². The number of ether oxygens (including phenoxy) is 1. The van der Waals surface area contributed by atoms with Gasteiger partial charge in [-0.15, -0.1) is 0 Å². The summed E-state index contributed by atoms with van der Waals surface area (Å²) in [5, 5.41) is 0. The minimum atomic E-state index is 0.243. The molecule has 0 bridgehead atoms. The molecule has 1 aliphatic heterocycles. The molecular formula is C14H21NO2. The van der Waals surface area contributed by atoms with Gasteiger partial charge in [-0.1, -0.05) is 32.0 Å². The molecule has 0 radical (unpaired) electrons. The molecule has 0 aliphatic carbocycles. The number of fused-ring (bicyclic) bond motifs is 1. The van der Waals surface area contributed by atoms with Crippen LogP contribution in [0.2, 0.25) is 0 Å². The van der Waals surface area contributed by atoms with Crippen molar-refractivity contribution in [2.45, 2.75) is 38.6 Å². The minimum absolute atomic E-state index is 0.243. The molecule has 0 aromatic heterocycles. The van der Waals surface area contributed by atoms with E-state index >= 15 is 0 Å². The van der Waals surface area contributed by atoms with Crippen molar-refractivity contribution in [2.75, 3.05) is 13.7 Å². The average molecular weight is 235 g/mol. The fourth-order valence-electron chi connectivity index (χ4n) is 2.32. The summed E-state index contributed by atoms with van der Waals surface area (Å²) in [6, 6.07) is 6.64. The van der Waals surface area contributed by atoms with Crippen LogP contribution in [0, 0.1) is 0 Å². The van der Waals surface area contributed by atoms with Gasteiger partial charge in [-0.2, -0.15) is 5.48 Å². The van der Waals surface area contributed by atoms with Crippen LogP contribution in [-0.2, 0) is 4.84 Å². The third-order valence-electron chi connectivity index (χ3n) is 3.51. The Labute approximate surface area is 103 Å². The van der Waals surface area contributed by atoms with Crippen molar-refractivity contribution in [3.8, 4) is 5.75 Å². The zero-order chi connectivity index (χ0) is 12.3. The van der Waals surface area contributed by atoms with Gasteiger partial charge in [0.05, 0.1) is 19.8 Å². The topological polar surface area (TPSA) is 30.5 Å². The van der Waals surface area contributed by atoms with Crippen molar-refractivity contribution in [1.82, 2.24) is 5.48 Å². The van der Waals surface area contributed by atoms with Gasteiger partial charge in [-0.25, -0.2) is 0 Å². The normalized spacial score (nSPS) is 20.5. The molecule has 2 atom stereocenters. The summed E-state index contributed by atoms with van der Waals surface area (Å²) < 4.78 is 5.86. The van der Waals surface area contributed by atoms with E-state index < -0.39 is 0 Å². The minimum Gasteiger partial charge on any atom is -0.493 e. The Balaban J connectivity index is 2.36. The first kappa shape index (κ1) is 12.4. The molecule has 1 N–H and O–H groups in total. The summed E-state index contributed by atoms with van der Waals surface area (Å²) in [6.45, 7) is 5.20. The molecule has 0 spiro atoms. The van der Waals surface area contributed by atoms with Crippen LogP contribution >= 0.6 is 0 Å². The van der Waals surface area contributed by atoms with E-state index in [1.54, 1.807) is 7.11 Å². The Morgan fingerprint density at radius 2 is 2.35 bits per heavy atom. The van der Waals surface area contributed by atoms with Gasteiger partial charge in [0.2, 0.25) is 0 Å². The summed E-state index contributed by atoms with van der Waals surface area (Å²) >= 11 is 0. The summed E-state index contributed by atoms with van der Waals surface area (Å²) in [6.07, 6.45) is 2.08. The lowest BCUT2D eigenvalue weighted by Gasteiger charge is -2.28. The quantitative estimate of drug-likeness (QED) is 0.813. The van der Waals surface area contributed by atoms with E-state index in [1.807, 2.05) is 0 Å². The lowest BCUT2D eigenvalue weighted by molar-refractivity contribution is 0.0460. The molecule has 0 saturated carbocycles. The zero-order valence-corrected chi connectivity index (χ0v) is 10.8. The molecular weight excluding hydrogens is 214 g/mol. The lowest BCUT2D eigenvalue weighted by Crippen LogP contribution is -2.27. The van der Waals surface area contributed by atoms with Gasteiger partial charge in [0.15, 0.2) is 0 Å². The Kier molecular flexibility index (Phi) is 4.02. The standard InChI is InChI=1S/C14H21NO2/c1-4-10(2)11-6-5-7-12-13(15-16-3)8-9-17-14(11)12/h5-7,10,13,15H,4,8-9H2,1-3H3. The van der Waals surface area contributed by atoms with E-state index in [2.05, 4.69) is 37.5 Å². The zero-order valence-electron chi connectivity index (χ0n) is 10.8. The molecule has 1 aromatic carbocycles. The Bertz CT molecular complexity index is 378. The predicted octanol–water partition coefficient (Wildman–Crippen LogP) is 3.17. The first-order valence-electron chi connectivity index (χ1n) is 6.32. The number of nitrogens with one attached hydrogen (secondary N) is 1. The van der Waals surface area contributed by atoms with Crippen LogP contribution in [0.1, 0.15) is 49.8 Å². The molecule has 94 valence electrons. The van der Waals surface area contributed by atoms with Crippen LogP contribution in [0.5, 0.6) is 5.75 Å². The molecule has 3 heteroatoms. The van der Waals surface area contributed by atoms with Gasteiger partial charge in [-0.3, -0.25) is 0 Å². The molecule has 3 nitrogen and oxygen atoms in total. The Morgan fingerprint density at radius 1 is 1.53 bits per heavy atom. The highest BCUT2D eigenvalue weighted by Crippen LogP contribution is 2.38. The van der Waals surface area contributed by atoms with Gasteiger partial charge < -0.3 is 9.57 Å². The summed E-state index contributed by atoms with van der Waals surface area (Å²) in [5.41, 5.74) is 5.58. The maximum atomic E-state index is 5.86. The number of hydrogen-bond acceptors (Lipinski definition) is 3. The van der Waals surface area contributed by atoms with Crippen LogP contribution in [0.3, 0.4) is 0 Å². The number of para-hydroxylation sites is 1. The fourth-order valence-corrected chi connectivity index (χ4v) is 2.32. The highest BCUT2D eigenvalue weighted by atomic mass is 16.6. The summed E-state index contributed by atoms with van der Waals surface area (Å²) in [4.78, 5) is 5.06. The fraction of sp³-hybridized carbons (Fsp3) is 0.571. The van der Waals surface area contributed by atoms with Crippen LogP contribution in [0.25, 0.3) is 0 Å². The molecule has 1 aromatic rings. The smallest absolute Gasteiger partial charge is 0.127 e. The third kappa shape index (κ3) is 2.45. The molecule has 0 saturated heterocycles. The van der Waals surface area contributed by atoms with Crippen LogP contribution < -0.4 is 10.2 Å². The van der Waals surface area contributed by atoms with Crippen molar-refractivity contribution in [3.05, 3.63) is 29.3 Å². The molecule has 2 rings (SSSR count). The van der Waals surface area contributed by atoms with Crippen molar-refractivity contribution >= 4 is 0 Å². The molecule has 0 fully saturated rings. The number of hydrogen-bond donors (Lipinski definition) is 1. The number of benzene rings is 1. The lowest BCUT2D eigenvalue weighted by atomic mass is 9.91. The van der Waals surface area contributed by atoms with E-state index in [4.69, 9.17) is 9.57 Å². The van der Waals surface area contributed by atoms with Gasteiger partial charge in [0.25, 0.3) is 0 Å². The van der Waals surface area contributed by atoms with Gasteiger partial charge in [0.1, 0.15) is 5.75 Å². The molecule has 17 heavy (non-hydrogen) atoms. The van der Waals surface area contributed by atoms with E-state index in [0.717, 1.165) is 25.2 Å². The predicted molar refractivity (Wildman–Crippen MR) is 68.1 cm³/mol. The molecule has 2 unspecified atom stereocenters. The van der Waals surface area contributed by atoms with Crippen LogP contribution in [0.4, 0.5) is 0 Å². The second-order valence-corrected chi connectivity index (χ2v) is 4.59. The van der Waals surface area contributed by atoms with Gasteiger partial charge in [-0.05, 0) is 17.9 Å².